The number of aromatic nitrogens is 1. The van der Waals surface area contributed by atoms with Gasteiger partial charge in [-0.15, -0.1) is 0 Å². The molecule has 2 aromatic rings. The van der Waals surface area contributed by atoms with E-state index in [2.05, 4.69) is 4.98 Å². The van der Waals surface area contributed by atoms with Crippen LogP contribution in [0.15, 0.2) is 42.6 Å². The van der Waals surface area contributed by atoms with E-state index in [1.807, 2.05) is 24.3 Å². The Kier molecular flexibility index (Phi) is 0.935. The molecule has 1 aromatic carbocycles. The number of rotatable bonds is 0. The zero-order valence-electron chi connectivity index (χ0n) is 6.41. The van der Waals surface area contributed by atoms with Crippen molar-refractivity contribution in [2.45, 2.75) is 0 Å². The highest BCUT2D eigenvalue weighted by Crippen LogP contribution is 2.07. The zero-order valence-corrected chi connectivity index (χ0v) is 5.41. The van der Waals surface area contributed by atoms with Crippen molar-refractivity contribution in [3.63, 3.8) is 0 Å². The van der Waals surface area contributed by atoms with E-state index in [9.17, 15) is 0 Å². The van der Waals surface area contributed by atoms with Crippen LogP contribution in [0.3, 0.4) is 0 Å². The van der Waals surface area contributed by atoms with Gasteiger partial charge < -0.3 is 0 Å². The van der Waals surface area contributed by atoms with Crippen LogP contribution in [0.4, 0.5) is 0 Å². The van der Waals surface area contributed by atoms with Gasteiger partial charge in [-0.1, -0.05) is 24.2 Å². The van der Waals surface area contributed by atoms with Crippen LogP contribution in [0.25, 0.3) is 10.9 Å². The van der Waals surface area contributed by atoms with Crippen molar-refractivity contribution in [3.8, 4) is 0 Å². The number of hydrogen-bond donors (Lipinski definition) is 0. The molecule has 0 aliphatic carbocycles. The summed E-state index contributed by atoms with van der Waals surface area (Å²) in [6.07, 6.45) is 1.76. The number of pyridine rings is 1. The molecule has 2 rings (SSSR count). The second-order valence-electron chi connectivity index (χ2n) is 2.12. The molecule has 0 radical (unpaired) electrons. The van der Waals surface area contributed by atoms with Gasteiger partial charge in [-0.05, 0) is 12.1 Å². The van der Waals surface area contributed by atoms with Crippen molar-refractivity contribution in [2.75, 3.05) is 0 Å². The highest BCUT2D eigenvalue weighted by molar-refractivity contribution is 5.77. The molecule has 10 heavy (non-hydrogen) atoms. The molecule has 0 aliphatic rings. The molecule has 0 spiro atoms. The van der Waals surface area contributed by atoms with Gasteiger partial charge in [0.05, 0.1) is 6.89 Å². The Morgan fingerprint density at radius 1 is 1.20 bits per heavy atom. The van der Waals surface area contributed by atoms with E-state index in [0.29, 0.717) is 6.04 Å². The Labute approximate surface area is 60.7 Å². The second kappa shape index (κ2) is 2.10. The average Bonchev–Trinajstić information content (AvgIpc) is 2.04. The van der Waals surface area contributed by atoms with Gasteiger partial charge in [0.2, 0.25) is 0 Å². The van der Waals surface area contributed by atoms with Crippen LogP contribution in [0.2, 0.25) is 0 Å². The second-order valence-corrected chi connectivity index (χ2v) is 2.12. The summed E-state index contributed by atoms with van der Waals surface area (Å²) in [6.45, 7) is 0. The third-order valence-electron chi connectivity index (χ3n) is 1.45. The Morgan fingerprint density at radius 3 is 3.20 bits per heavy atom. The Morgan fingerprint density at radius 2 is 2.20 bits per heavy atom. The SMILES string of the molecule is [2H]c1ccc2ncccc2c1. The Hall–Kier alpha value is -1.37. The van der Waals surface area contributed by atoms with Gasteiger partial charge in [0, 0.05) is 11.6 Å². The maximum atomic E-state index is 7.35. The van der Waals surface area contributed by atoms with Crippen molar-refractivity contribution in [3.05, 3.63) is 42.6 Å². The summed E-state index contributed by atoms with van der Waals surface area (Å²) >= 11 is 0. The monoisotopic (exact) mass is 130 g/mol. The topological polar surface area (TPSA) is 12.9 Å². The number of nitrogens with zero attached hydrogens (tertiary/aromatic N) is 1. The van der Waals surface area contributed by atoms with Gasteiger partial charge in [0.15, 0.2) is 0 Å². The summed E-state index contributed by atoms with van der Waals surface area (Å²) in [4.78, 5) is 4.14. The van der Waals surface area contributed by atoms with E-state index < -0.39 is 0 Å². The number of para-hydroxylation sites is 1. The minimum absolute atomic E-state index is 0.533. The lowest BCUT2D eigenvalue weighted by Crippen LogP contribution is -1.73. The van der Waals surface area contributed by atoms with Gasteiger partial charge in [-0.25, -0.2) is 0 Å². The summed E-state index contributed by atoms with van der Waals surface area (Å²) in [5.41, 5.74) is 0.948. The summed E-state index contributed by atoms with van der Waals surface area (Å²) in [6, 6.07) is 9.78. The van der Waals surface area contributed by atoms with E-state index in [1.165, 1.54) is 0 Å². The maximum Gasteiger partial charge on any atom is 0.0701 e. The first kappa shape index (κ1) is 4.45. The molecule has 0 amide bonds. The minimum atomic E-state index is 0.533. The van der Waals surface area contributed by atoms with Crippen molar-refractivity contribution < 1.29 is 1.37 Å². The van der Waals surface area contributed by atoms with E-state index in [0.717, 1.165) is 10.9 Å². The van der Waals surface area contributed by atoms with Crippen LogP contribution < -0.4 is 0 Å². The lowest BCUT2D eigenvalue weighted by atomic mass is 10.2. The van der Waals surface area contributed by atoms with E-state index in [4.69, 9.17) is 1.37 Å². The molecule has 0 saturated carbocycles. The van der Waals surface area contributed by atoms with E-state index >= 15 is 0 Å². The number of fused-ring (bicyclic) bond motifs is 1. The first-order chi connectivity index (χ1) is 5.36. The molecule has 1 aromatic heterocycles. The van der Waals surface area contributed by atoms with Crippen molar-refractivity contribution >= 4 is 10.9 Å². The first-order valence-corrected chi connectivity index (χ1v) is 3.18. The van der Waals surface area contributed by atoms with Gasteiger partial charge in [-0.3, -0.25) is 4.98 Å². The predicted molar refractivity (Wildman–Crippen MR) is 41.7 cm³/mol. The molecule has 0 saturated heterocycles. The van der Waals surface area contributed by atoms with Crippen LogP contribution in [0.1, 0.15) is 1.37 Å². The largest absolute Gasteiger partial charge is 0.256 e. The fraction of sp³-hybridized carbons (Fsp3) is 0. The molecule has 0 aliphatic heterocycles. The highest BCUT2D eigenvalue weighted by atomic mass is 14.6. The Bertz CT molecular complexity index is 384. The summed E-state index contributed by atoms with van der Waals surface area (Å²) < 4.78 is 7.35. The van der Waals surface area contributed by atoms with Crippen LogP contribution in [0.5, 0.6) is 0 Å². The summed E-state index contributed by atoms with van der Waals surface area (Å²) in [7, 11) is 0. The van der Waals surface area contributed by atoms with E-state index in [-0.39, 0.29) is 0 Å². The molecule has 1 nitrogen and oxygen atoms in total. The zero-order chi connectivity index (χ0) is 7.68. The summed E-state index contributed by atoms with van der Waals surface area (Å²) in [5, 5.41) is 1.03. The van der Waals surface area contributed by atoms with Gasteiger partial charge in [-0.2, -0.15) is 0 Å². The lowest BCUT2D eigenvalue weighted by molar-refractivity contribution is 1.41. The van der Waals surface area contributed by atoms with Crippen LogP contribution in [-0.4, -0.2) is 4.98 Å². The molecule has 0 fully saturated rings. The third kappa shape index (κ3) is 0.760. The smallest absolute Gasteiger partial charge is 0.0701 e. The van der Waals surface area contributed by atoms with Crippen molar-refractivity contribution in [1.82, 2.24) is 4.98 Å². The van der Waals surface area contributed by atoms with Gasteiger partial charge in [0.1, 0.15) is 0 Å². The maximum absolute atomic E-state index is 7.35. The normalized spacial score (nSPS) is 11.4. The van der Waals surface area contributed by atoms with Gasteiger partial charge in [0.25, 0.3) is 0 Å². The molecule has 48 valence electrons. The quantitative estimate of drug-likeness (QED) is 0.533. The first-order valence-electron chi connectivity index (χ1n) is 3.68. The molecule has 1 heteroatoms. The van der Waals surface area contributed by atoms with Crippen molar-refractivity contribution in [1.29, 1.82) is 0 Å². The van der Waals surface area contributed by atoms with Crippen LogP contribution >= 0.6 is 0 Å². The van der Waals surface area contributed by atoms with Crippen LogP contribution in [0, 0.1) is 0 Å². The standard InChI is InChI=1S/C9H7N/c1-2-6-9-8(4-1)5-3-7-10-9/h1-7H/i1D. The fourth-order valence-corrected chi connectivity index (χ4v) is 0.956. The van der Waals surface area contributed by atoms with Crippen LogP contribution in [-0.2, 0) is 0 Å². The minimum Gasteiger partial charge on any atom is -0.256 e. The molecular formula is C9H7N. The van der Waals surface area contributed by atoms with Crippen molar-refractivity contribution in [2.24, 2.45) is 0 Å². The predicted octanol–water partition coefficient (Wildman–Crippen LogP) is 2.23. The molecule has 0 bridgehead atoms. The molecule has 1 heterocycles. The highest BCUT2D eigenvalue weighted by Gasteiger charge is 1.86. The molecule has 0 atom stereocenters. The number of hydrogen-bond acceptors (Lipinski definition) is 1. The van der Waals surface area contributed by atoms with Gasteiger partial charge >= 0.3 is 0 Å². The average molecular weight is 130 g/mol. The third-order valence-corrected chi connectivity index (χ3v) is 1.45. The molecule has 0 N–H and O–H groups in total. The number of benzene rings is 1. The lowest BCUT2D eigenvalue weighted by Gasteiger charge is -1.91. The molecule has 0 unspecified atom stereocenters. The Balaban J connectivity index is 2.83. The fourth-order valence-electron chi connectivity index (χ4n) is 0.956. The summed E-state index contributed by atoms with van der Waals surface area (Å²) in [5.74, 6) is 0. The molecular weight excluding hydrogens is 122 g/mol. The van der Waals surface area contributed by atoms with E-state index in [1.54, 1.807) is 12.3 Å².